The molecule has 2 nitrogen and oxygen atoms in total. The average molecular weight is 124 g/mol. The van der Waals surface area contributed by atoms with Crippen LogP contribution in [0.15, 0.2) is 0 Å². The summed E-state index contributed by atoms with van der Waals surface area (Å²) in [6.07, 6.45) is 9.85. The molecule has 0 aromatic rings. The second-order valence-corrected chi connectivity index (χ2v) is 1.69. The maximum absolute atomic E-state index is 8.53. The van der Waals surface area contributed by atoms with Gasteiger partial charge >= 0.3 is 0 Å². The normalized spacial score (nSPS) is 9.78. The molecular formula is C7H8O2. The lowest BCUT2D eigenvalue weighted by molar-refractivity contribution is 0.142. The number of hydrogen-bond acceptors (Lipinski definition) is 2. The molecule has 0 unspecified atom stereocenters. The van der Waals surface area contributed by atoms with Gasteiger partial charge < -0.3 is 10.2 Å². The van der Waals surface area contributed by atoms with Crippen LogP contribution in [0, 0.1) is 30.1 Å². The molecule has 0 aromatic heterocycles. The van der Waals surface area contributed by atoms with E-state index in [2.05, 4.69) is 11.8 Å². The molecule has 0 amide bonds. The quantitative estimate of drug-likeness (QED) is 0.474. The van der Waals surface area contributed by atoms with Crippen LogP contribution in [0.2, 0.25) is 0 Å². The summed E-state index contributed by atoms with van der Waals surface area (Å²) in [5.74, 6) is 4.26. The van der Waals surface area contributed by atoms with Crippen molar-refractivity contribution in [2.24, 2.45) is 5.41 Å². The lowest BCUT2D eigenvalue weighted by Crippen LogP contribution is -2.25. The summed E-state index contributed by atoms with van der Waals surface area (Å²) in [6, 6.07) is 0. The highest BCUT2D eigenvalue weighted by molar-refractivity contribution is 5.21. The van der Waals surface area contributed by atoms with Crippen LogP contribution in [0.1, 0.15) is 0 Å². The summed E-state index contributed by atoms with van der Waals surface area (Å²) in [7, 11) is 0. The maximum atomic E-state index is 8.53. The van der Waals surface area contributed by atoms with E-state index < -0.39 is 5.41 Å². The molecule has 0 atom stereocenters. The average Bonchev–Trinajstić information content (AvgIpc) is 1.95. The first-order chi connectivity index (χ1) is 4.24. The minimum Gasteiger partial charge on any atom is -0.394 e. The molecule has 0 radical (unpaired) electrons. The molecule has 0 rings (SSSR count). The van der Waals surface area contributed by atoms with E-state index in [0.29, 0.717) is 0 Å². The minimum atomic E-state index is -1.17. The van der Waals surface area contributed by atoms with Gasteiger partial charge in [0.05, 0.1) is 13.2 Å². The van der Waals surface area contributed by atoms with Crippen molar-refractivity contribution in [3.8, 4) is 24.7 Å². The first-order valence-electron chi connectivity index (χ1n) is 2.42. The van der Waals surface area contributed by atoms with Crippen LogP contribution < -0.4 is 0 Å². The van der Waals surface area contributed by atoms with Crippen molar-refractivity contribution in [3.05, 3.63) is 0 Å². The van der Waals surface area contributed by atoms with Gasteiger partial charge in [-0.2, -0.15) is 0 Å². The number of aliphatic hydroxyl groups excluding tert-OH is 2. The molecule has 48 valence electrons. The standard InChI is InChI=1S/C7H8O2/c1-3-7(4-2,5-8)6-9/h1-2,8-9H,5-6H2. The molecule has 0 fully saturated rings. The number of terminal acetylenes is 2. The SMILES string of the molecule is C#CC(C#C)(CO)CO. The zero-order valence-corrected chi connectivity index (χ0v) is 4.96. The predicted molar refractivity (Wildman–Crippen MR) is 34.3 cm³/mol. The third kappa shape index (κ3) is 1.47. The second-order valence-electron chi connectivity index (χ2n) is 1.69. The van der Waals surface area contributed by atoms with E-state index in [9.17, 15) is 0 Å². The van der Waals surface area contributed by atoms with E-state index in [4.69, 9.17) is 23.1 Å². The van der Waals surface area contributed by atoms with Gasteiger partial charge in [-0.05, 0) is 0 Å². The van der Waals surface area contributed by atoms with Gasteiger partial charge in [0.15, 0.2) is 0 Å². The molecule has 0 aromatic carbocycles. The largest absolute Gasteiger partial charge is 0.394 e. The fourth-order valence-electron chi connectivity index (χ4n) is 0.274. The molecule has 2 N–H and O–H groups in total. The molecular weight excluding hydrogens is 116 g/mol. The molecule has 9 heavy (non-hydrogen) atoms. The Kier molecular flexibility index (Phi) is 2.81. The van der Waals surface area contributed by atoms with Crippen LogP contribution >= 0.6 is 0 Å². The molecule has 0 heterocycles. The van der Waals surface area contributed by atoms with Crippen LogP contribution in [0.4, 0.5) is 0 Å². The fraction of sp³-hybridized carbons (Fsp3) is 0.429. The zero-order valence-electron chi connectivity index (χ0n) is 4.96. The van der Waals surface area contributed by atoms with Crippen molar-refractivity contribution >= 4 is 0 Å². The molecule has 0 aliphatic rings. The van der Waals surface area contributed by atoms with Crippen molar-refractivity contribution in [1.29, 1.82) is 0 Å². The highest BCUT2D eigenvalue weighted by Crippen LogP contribution is 2.10. The third-order valence-electron chi connectivity index (χ3n) is 1.09. The minimum absolute atomic E-state index is 0.378. The summed E-state index contributed by atoms with van der Waals surface area (Å²) in [5.41, 5.74) is -1.17. The van der Waals surface area contributed by atoms with Crippen molar-refractivity contribution in [2.45, 2.75) is 0 Å². The van der Waals surface area contributed by atoms with Crippen LogP contribution in [-0.4, -0.2) is 23.4 Å². The van der Waals surface area contributed by atoms with Gasteiger partial charge in [0.25, 0.3) is 0 Å². The molecule has 2 heteroatoms. The Labute approximate surface area is 54.5 Å². The highest BCUT2D eigenvalue weighted by Gasteiger charge is 2.21. The maximum Gasteiger partial charge on any atom is 0.137 e. The lowest BCUT2D eigenvalue weighted by atomic mass is 9.93. The Balaban J connectivity index is 4.28. The van der Waals surface area contributed by atoms with Gasteiger partial charge in [-0.15, -0.1) is 12.8 Å². The van der Waals surface area contributed by atoms with Crippen molar-refractivity contribution < 1.29 is 10.2 Å². The van der Waals surface area contributed by atoms with Crippen LogP contribution in [0.3, 0.4) is 0 Å². The van der Waals surface area contributed by atoms with E-state index in [0.717, 1.165) is 0 Å². The van der Waals surface area contributed by atoms with Gasteiger partial charge in [-0.1, -0.05) is 11.8 Å². The third-order valence-corrected chi connectivity index (χ3v) is 1.09. The van der Waals surface area contributed by atoms with Gasteiger partial charge in [0, 0.05) is 0 Å². The Morgan fingerprint density at radius 1 is 1.11 bits per heavy atom. The number of hydrogen-bond donors (Lipinski definition) is 2. The molecule has 0 aliphatic carbocycles. The van der Waals surface area contributed by atoms with Gasteiger partial charge in [0.1, 0.15) is 5.41 Å². The smallest absolute Gasteiger partial charge is 0.137 e. The van der Waals surface area contributed by atoms with E-state index in [-0.39, 0.29) is 13.2 Å². The Morgan fingerprint density at radius 3 is 1.44 bits per heavy atom. The van der Waals surface area contributed by atoms with E-state index >= 15 is 0 Å². The fourth-order valence-corrected chi connectivity index (χ4v) is 0.274. The molecule has 0 bridgehead atoms. The molecule has 0 saturated heterocycles. The Morgan fingerprint density at radius 2 is 1.44 bits per heavy atom. The highest BCUT2D eigenvalue weighted by atomic mass is 16.3. The lowest BCUT2D eigenvalue weighted by Gasteiger charge is -2.14. The van der Waals surface area contributed by atoms with Crippen LogP contribution in [0.25, 0.3) is 0 Å². The summed E-state index contributed by atoms with van der Waals surface area (Å²) in [6.45, 7) is -0.757. The van der Waals surface area contributed by atoms with E-state index in [1.165, 1.54) is 0 Å². The van der Waals surface area contributed by atoms with E-state index in [1.54, 1.807) is 0 Å². The Bertz CT molecular complexity index is 139. The summed E-state index contributed by atoms with van der Waals surface area (Å²) in [5, 5.41) is 17.1. The number of rotatable bonds is 2. The molecule has 0 saturated carbocycles. The zero-order chi connectivity index (χ0) is 7.33. The van der Waals surface area contributed by atoms with Crippen LogP contribution in [-0.2, 0) is 0 Å². The molecule has 0 spiro atoms. The monoisotopic (exact) mass is 124 g/mol. The number of aliphatic hydroxyl groups is 2. The predicted octanol–water partition coefficient (Wildman–Crippen LogP) is -0.776. The van der Waals surface area contributed by atoms with Gasteiger partial charge in [0.2, 0.25) is 0 Å². The van der Waals surface area contributed by atoms with Crippen LogP contribution in [0.5, 0.6) is 0 Å². The first-order valence-corrected chi connectivity index (χ1v) is 2.42. The van der Waals surface area contributed by atoms with Gasteiger partial charge in [-0.3, -0.25) is 0 Å². The van der Waals surface area contributed by atoms with Gasteiger partial charge in [-0.25, -0.2) is 0 Å². The van der Waals surface area contributed by atoms with E-state index in [1.807, 2.05) is 0 Å². The summed E-state index contributed by atoms with van der Waals surface area (Å²) in [4.78, 5) is 0. The molecule has 0 aliphatic heterocycles. The van der Waals surface area contributed by atoms with Crippen molar-refractivity contribution in [3.63, 3.8) is 0 Å². The summed E-state index contributed by atoms with van der Waals surface area (Å²) < 4.78 is 0. The Hall–Kier alpha value is -0.960. The van der Waals surface area contributed by atoms with Crippen molar-refractivity contribution in [2.75, 3.05) is 13.2 Å². The summed E-state index contributed by atoms with van der Waals surface area (Å²) >= 11 is 0. The second kappa shape index (κ2) is 3.14. The first kappa shape index (κ1) is 8.04. The topological polar surface area (TPSA) is 40.5 Å². The van der Waals surface area contributed by atoms with Crippen molar-refractivity contribution in [1.82, 2.24) is 0 Å².